The summed E-state index contributed by atoms with van der Waals surface area (Å²) in [5, 5.41) is 23.3. The molecule has 1 aliphatic rings. The van der Waals surface area contributed by atoms with E-state index in [-0.39, 0.29) is 28.6 Å². The number of amides is 2. The highest BCUT2D eigenvalue weighted by molar-refractivity contribution is 8.05. The first kappa shape index (κ1) is 23.7. The third-order valence-corrected chi connectivity index (χ3v) is 6.63. The summed E-state index contributed by atoms with van der Waals surface area (Å²) in [7, 11) is 0. The lowest BCUT2D eigenvalue weighted by Crippen LogP contribution is -2.30. The van der Waals surface area contributed by atoms with Gasteiger partial charge in [-0.05, 0) is 43.2 Å². The minimum atomic E-state index is -0.666. The Bertz CT molecular complexity index is 1360. The lowest BCUT2D eigenvalue weighted by atomic mass is 10.1. The van der Waals surface area contributed by atoms with Crippen LogP contribution in [0.4, 0.5) is 17.1 Å². The largest absolute Gasteiger partial charge is 0.321 e. The second-order valence-electron chi connectivity index (χ2n) is 7.86. The number of thioether (sulfide) groups is 1. The van der Waals surface area contributed by atoms with Crippen LogP contribution in [0.15, 0.2) is 89.5 Å². The summed E-state index contributed by atoms with van der Waals surface area (Å²) < 4.78 is 0. The van der Waals surface area contributed by atoms with Crippen molar-refractivity contribution in [3.8, 4) is 6.07 Å². The third-order valence-electron chi connectivity index (χ3n) is 5.37. The van der Waals surface area contributed by atoms with E-state index in [2.05, 4.69) is 5.32 Å². The number of nitro benzene ring substituents is 1. The van der Waals surface area contributed by atoms with Crippen LogP contribution in [0.3, 0.4) is 0 Å². The number of hydrogen-bond acceptors (Lipinski definition) is 6. The van der Waals surface area contributed by atoms with Crippen molar-refractivity contribution >= 4 is 40.6 Å². The smallest absolute Gasteiger partial charge is 0.269 e. The van der Waals surface area contributed by atoms with E-state index in [4.69, 9.17) is 0 Å². The molecule has 0 spiro atoms. The zero-order valence-corrected chi connectivity index (χ0v) is 19.5. The molecule has 1 N–H and O–H groups in total. The van der Waals surface area contributed by atoms with Crippen LogP contribution in [0.1, 0.15) is 11.1 Å². The molecule has 1 saturated heterocycles. The summed E-state index contributed by atoms with van der Waals surface area (Å²) in [5.41, 5.74) is 2.41. The molecule has 1 aliphatic heterocycles. The molecule has 8 nitrogen and oxygen atoms in total. The molecule has 4 rings (SSSR count). The first-order valence-corrected chi connectivity index (χ1v) is 11.6. The molecule has 0 saturated carbocycles. The summed E-state index contributed by atoms with van der Waals surface area (Å²) in [4.78, 5) is 38.6. The van der Waals surface area contributed by atoms with Gasteiger partial charge in [0.25, 0.3) is 11.6 Å². The molecule has 0 aromatic heterocycles. The first-order valence-electron chi connectivity index (χ1n) is 10.7. The van der Waals surface area contributed by atoms with E-state index in [9.17, 15) is 25.0 Å². The van der Waals surface area contributed by atoms with Gasteiger partial charge in [0.05, 0.1) is 10.2 Å². The number of carbonyl (C=O) groups is 2. The SMILES string of the molecule is Cc1ccc(N2C(=O)[C@H](Cc3cccc([N+](=O)[O-])c3)S/C2=C(\C#N)C(=O)Nc2ccccc2)cc1. The Morgan fingerprint density at radius 1 is 1.11 bits per heavy atom. The topological polar surface area (TPSA) is 116 Å². The van der Waals surface area contributed by atoms with Gasteiger partial charge < -0.3 is 5.32 Å². The van der Waals surface area contributed by atoms with E-state index < -0.39 is 16.1 Å². The van der Waals surface area contributed by atoms with Crippen LogP contribution in [-0.4, -0.2) is 22.0 Å². The van der Waals surface area contributed by atoms with E-state index >= 15 is 0 Å². The van der Waals surface area contributed by atoms with Crippen LogP contribution in [0, 0.1) is 28.4 Å². The lowest BCUT2D eigenvalue weighted by molar-refractivity contribution is -0.384. The molecular weight excluding hydrogens is 464 g/mol. The zero-order chi connectivity index (χ0) is 24.9. The number of aryl methyl sites for hydroxylation is 1. The highest BCUT2D eigenvalue weighted by atomic mass is 32.2. The standard InChI is InChI=1S/C26H20N4O4S/c1-17-10-12-20(13-11-17)29-25(32)23(15-18-6-5-9-21(14-18)30(33)34)35-26(29)22(16-27)24(31)28-19-7-3-2-4-8-19/h2-14,23H,15H2,1H3,(H,28,31)/b26-22+/t23-/m0/s1. The molecule has 0 bridgehead atoms. The normalized spacial score (nSPS) is 16.5. The average molecular weight is 485 g/mol. The van der Waals surface area contributed by atoms with Gasteiger partial charge in [-0.3, -0.25) is 24.6 Å². The summed E-state index contributed by atoms with van der Waals surface area (Å²) >= 11 is 1.11. The molecule has 0 radical (unpaired) electrons. The Kier molecular flexibility index (Phi) is 6.94. The van der Waals surface area contributed by atoms with Gasteiger partial charge in [-0.2, -0.15) is 5.26 Å². The predicted molar refractivity (Wildman–Crippen MR) is 135 cm³/mol. The molecular formula is C26H20N4O4S. The molecule has 35 heavy (non-hydrogen) atoms. The number of carbonyl (C=O) groups excluding carboxylic acids is 2. The highest BCUT2D eigenvalue weighted by Gasteiger charge is 2.41. The van der Waals surface area contributed by atoms with Gasteiger partial charge in [0, 0.05) is 23.5 Å². The number of nitrogens with one attached hydrogen (secondary N) is 1. The number of nitro groups is 1. The fraction of sp³-hybridized carbons (Fsp3) is 0.115. The number of para-hydroxylation sites is 1. The van der Waals surface area contributed by atoms with E-state index in [1.165, 1.54) is 17.0 Å². The molecule has 174 valence electrons. The molecule has 3 aromatic rings. The molecule has 9 heteroatoms. The number of non-ortho nitro benzene ring substituents is 1. The number of benzene rings is 3. The second kappa shape index (κ2) is 10.2. The van der Waals surface area contributed by atoms with Crippen LogP contribution in [0.25, 0.3) is 0 Å². The van der Waals surface area contributed by atoms with Gasteiger partial charge >= 0.3 is 0 Å². The minimum Gasteiger partial charge on any atom is -0.321 e. The quantitative estimate of drug-likeness (QED) is 0.229. The molecule has 1 fully saturated rings. The van der Waals surface area contributed by atoms with Crippen molar-refractivity contribution in [3.63, 3.8) is 0 Å². The number of rotatable bonds is 6. The van der Waals surface area contributed by atoms with Crippen molar-refractivity contribution in [2.45, 2.75) is 18.6 Å². The van der Waals surface area contributed by atoms with Crippen molar-refractivity contribution in [2.24, 2.45) is 0 Å². The Balaban J connectivity index is 1.72. The maximum atomic E-state index is 13.5. The van der Waals surface area contributed by atoms with E-state index in [1.54, 1.807) is 48.5 Å². The van der Waals surface area contributed by atoms with Gasteiger partial charge in [0.1, 0.15) is 16.7 Å². The van der Waals surface area contributed by atoms with Crippen LogP contribution in [0.2, 0.25) is 0 Å². The van der Waals surface area contributed by atoms with Gasteiger partial charge in [0.15, 0.2) is 0 Å². The fourth-order valence-electron chi connectivity index (χ4n) is 3.64. The second-order valence-corrected chi connectivity index (χ2v) is 9.05. The number of anilines is 2. The van der Waals surface area contributed by atoms with E-state index in [0.29, 0.717) is 16.9 Å². The number of nitrogens with zero attached hydrogens (tertiary/aromatic N) is 3. The average Bonchev–Trinajstić information content (AvgIpc) is 3.16. The Morgan fingerprint density at radius 3 is 2.49 bits per heavy atom. The maximum absolute atomic E-state index is 13.5. The van der Waals surface area contributed by atoms with Gasteiger partial charge in [-0.25, -0.2) is 0 Å². The summed E-state index contributed by atoms with van der Waals surface area (Å²) in [6, 6.07) is 24.0. The Hall–Kier alpha value is -4.42. The molecule has 2 amide bonds. The lowest BCUT2D eigenvalue weighted by Gasteiger charge is -2.19. The van der Waals surface area contributed by atoms with E-state index in [0.717, 1.165) is 17.3 Å². The van der Waals surface area contributed by atoms with Crippen molar-refractivity contribution < 1.29 is 14.5 Å². The first-order chi connectivity index (χ1) is 16.9. The van der Waals surface area contributed by atoms with Crippen molar-refractivity contribution in [3.05, 3.63) is 111 Å². The number of nitriles is 1. The van der Waals surface area contributed by atoms with Gasteiger partial charge in [0.2, 0.25) is 5.91 Å². The highest BCUT2D eigenvalue weighted by Crippen LogP contribution is 2.42. The van der Waals surface area contributed by atoms with Crippen LogP contribution in [-0.2, 0) is 16.0 Å². The van der Waals surface area contributed by atoms with Crippen LogP contribution in [0.5, 0.6) is 0 Å². The Morgan fingerprint density at radius 2 is 1.83 bits per heavy atom. The van der Waals surface area contributed by atoms with E-state index in [1.807, 2.05) is 31.2 Å². The monoisotopic (exact) mass is 484 g/mol. The van der Waals surface area contributed by atoms with Crippen molar-refractivity contribution in [1.29, 1.82) is 5.26 Å². The molecule has 0 unspecified atom stereocenters. The fourth-order valence-corrected chi connectivity index (χ4v) is 4.95. The maximum Gasteiger partial charge on any atom is 0.269 e. The predicted octanol–water partition coefficient (Wildman–Crippen LogP) is 4.97. The third kappa shape index (κ3) is 5.23. The minimum absolute atomic E-state index is 0.0657. The van der Waals surface area contributed by atoms with Gasteiger partial charge in [-0.1, -0.05) is 59.8 Å². The Labute approximate surface area is 206 Å². The summed E-state index contributed by atoms with van der Waals surface area (Å²) in [6.45, 7) is 1.92. The molecule has 0 aliphatic carbocycles. The number of hydrogen-bond donors (Lipinski definition) is 1. The van der Waals surface area contributed by atoms with Crippen LogP contribution >= 0.6 is 11.8 Å². The molecule has 1 atom stereocenters. The summed E-state index contributed by atoms with van der Waals surface area (Å²) in [5.74, 6) is -0.928. The molecule has 1 heterocycles. The van der Waals surface area contributed by atoms with Crippen molar-refractivity contribution in [1.82, 2.24) is 0 Å². The van der Waals surface area contributed by atoms with Gasteiger partial charge in [-0.15, -0.1) is 0 Å². The van der Waals surface area contributed by atoms with Crippen molar-refractivity contribution in [2.75, 3.05) is 10.2 Å². The summed E-state index contributed by atoms with van der Waals surface area (Å²) in [6.07, 6.45) is 0.204. The van der Waals surface area contributed by atoms with Crippen LogP contribution < -0.4 is 10.2 Å². The molecule has 3 aromatic carbocycles. The zero-order valence-electron chi connectivity index (χ0n) is 18.7.